The largest absolute Gasteiger partial charge is 0.467 e. The molecule has 0 aliphatic carbocycles. The molecule has 3 nitrogen and oxygen atoms in total. The fourth-order valence-electron chi connectivity index (χ4n) is 1.60. The number of halogens is 1. The normalized spacial score (nSPS) is 17.1. The van der Waals surface area contributed by atoms with E-state index < -0.39 is 6.10 Å². The van der Waals surface area contributed by atoms with E-state index in [9.17, 15) is 5.11 Å². The summed E-state index contributed by atoms with van der Waals surface area (Å²) in [7, 11) is 0. The number of aliphatic hydroxyl groups excluding tert-OH is 1. The van der Waals surface area contributed by atoms with Crippen molar-refractivity contribution in [1.82, 2.24) is 0 Å². The molecule has 0 aromatic heterocycles. The van der Waals surface area contributed by atoms with Gasteiger partial charge in [0.25, 0.3) is 0 Å². The van der Waals surface area contributed by atoms with Crippen LogP contribution in [-0.2, 0) is 11.3 Å². The van der Waals surface area contributed by atoms with Gasteiger partial charge in [0, 0.05) is 15.6 Å². The molecule has 0 radical (unpaired) electrons. The predicted octanol–water partition coefficient (Wildman–Crippen LogP) is 2.37. The number of fused-ring (bicyclic) bond motifs is 1. The molecule has 1 atom stereocenters. The average Bonchev–Trinajstić information content (AvgIpc) is 2.17. The van der Waals surface area contributed by atoms with E-state index in [0.717, 1.165) is 21.3 Å². The summed E-state index contributed by atoms with van der Waals surface area (Å²) in [4.78, 5) is 0. The van der Waals surface area contributed by atoms with Crippen molar-refractivity contribution in [3.8, 4) is 5.75 Å². The smallest absolute Gasteiger partial charge is 0.189 e. The van der Waals surface area contributed by atoms with Gasteiger partial charge in [0.1, 0.15) is 5.75 Å². The van der Waals surface area contributed by atoms with Crippen molar-refractivity contribution in [2.45, 2.75) is 19.6 Å². The van der Waals surface area contributed by atoms with Gasteiger partial charge in [0.05, 0.1) is 12.7 Å². The van der Waals surface area contributed by atoms with Crippen molar-refractivity contribution in [2.24, 2.45) is 0 Å². The fourth-order valence-corrected chi connectivity index (χ4v) is 2.30. The van der Waals surface area contributed by atoms with Crippen LogP contribution in [0.25, 0.3) is 0 Å². The Morgan fingerprint density at radius 2 is 2.29 bits per heavy atom. The van der Waals surface area contributed by atoms with Crippen LogP contribution in [0.15, 0.2) is 16.6 Å². The van der Waals surface area contributed by atoms with E-state index in [2.05, 4.69) is 15.9 Å². The maximum Gasteiger partial charge on any atom is 0.189 e. The number of ether oxygens (including phenoxy) is 2. The Balaban J connectivity index is 2.55. The van der Waals surface area contributed by atoms with E-state index in [1.807, 2.05) is 12.1 Å². The summed E-state index contributed by atoms with van der Waals surface area (Å²) in [6.45, 7) is 2.51. The fraction of sp³-hybridized carbons (Fsp3) is 0.400. The van der Waals surface area contributed by atoms with Gasteiger partial charge in [-0.3, -0.25) is 0 Å². The number of aliphatic hydroxyl groups is 1. The molecular formula is C10H11BrO3. The standard InChI is InChI=1S/C10H11BrO3/c1-6(12)10-7-4-13-5-14-9(7)3-2-8(10)11/h2-3,6,12H,4-5H2,1H3. The van der Waals surface area contributed by atoms with Crippen LogP contribution in [-0.4, -0.2) is 11.9 Å². The number of hydrogen-bond acceptors (Lipinski definition) is 3. The van der Waals surface area contributed by atoms with Gasteiger partial charge in [-0.25, -0.2) is 0 Å². The monoisotopic (exact) mass is 258 g/mol. The Labute approximate surface area is 90.8 Å². The molecule has 0 spiro atoms. The molecule has 1 aliphatic heterocycles. The molecule has 4 heteroatoms. The lowest BCUT2D eigenvalue weighted by Crippen LogP contribution is -2.14. The van der Waals surface area contributed by atoms with E-state index in [1.54, 1.807) is 6.92 Å². The van der Waals surface area contributed by atoms with E-state index >= 15 is 0 Å². The zero-order valence-electron chi connectivity index (χ0n) is 7.79. The number of benzene rings is 1. The summed E-state index contributed by atoms with van der Waals surface area (Å²) in [5, 5.41) is 9.62. The maximum atomic E-state index is 9.62. The highest BCUT2D eigenvalue weighted by atomic mass is 79.9. The molecule has 0 bridgehead atoms. The lowest BCUT2D eigenvalue weighted by Gasteiger charge is -2.22. The summed E-state index contributed by atoms with van der Waals surface area (Å²) >= 11 is 3.40. The van der Waals surface area contributed by atoms with Gasteiger partial charge >= 0.3 is 0 Å². The summed E-state index contributed by atoms with van der Waals surface area (Å²) in [5.41, 5.74) is 1.78. The zero-order chi connectivity index (χ0) is 10.1. The SMILES string of the molecule is CC(O)c1c(Br)ccc2c1COCO2. The Bertz CT molecular complexity index is 349. The lowest BCUT2D eigenvalue weighted by atomic mass is 10.0. The lowest BCUT2D eigenvalue weighted by molar-refractivity contribution is -0.0179. The van der Waals surface area contributed by atoms with Crippen molar-refractivity contribution in [2.75, 3.05) is 6.79 Å². The van der Waals surface area contributed by atoms with Crippen molar-refractivity contribution < 1.29 is 14.6 Å². The Hall–Kier alpha value is -0.580. The van der Waals surface area contributed by atoms with Crippen LogP contribution in [0.2, 0.25) is 0 Å². The molecule has 1 unspecified atom stereocenters. The van der Waals surface area contributed by atoms with Gasteiger partial charge in [-0.15, -0.1) is 0 Å². The Morgan fingerprint density at radius 3 is 3.00 bits per heavy atom. The van der Waals surface area contributed by atoms with Gasteiger partial charge in [-0.05, 0) is 19.1 Å². The van der Waals surface area contributed by atoms with Crippen molar-refractivity contribution >= 4 is 15.9 Å². The molecule has 1 N–H and O–H groups in total. The van der Waals surface area contributed by atoms with E-state index in [0.29, 0.717) is 6.61 Å². The summed E-state index contributed by atoms with van der Waals surface area (Å²) in [6, 6.07) is 3.76. The second-order valence-electron chi connectivity index (χ2n) is 3.22. The molecule has 1 aromatic rings. The van der Waals surface area contributed by atoms with Crippen LogP contribution >= 0.6 is 15.9 Å². The van der Waals surface area contributed by atoms with Crippen molar-refractivity contribution in [3.63, 3.8) is 0 Å². The third kappa shape index (κ3) is 1.65. The van der Waals surface area contributed by atoms with Crippen molar-refractivity contribution in [1.29, 1.82) is 0 Å². The van der Waals surface area contributed by atoms with E-state index in [-0.39, 0.29) is 6.79 Å². The third-order valence-corrected chi connectivity index (χ3v) is 2.91. The first-order valence-electron chi connectivity index (χ1n) is 4.40. The highest BCUT2D eigenvalue weighted by Crippen LogP contribution is 2.35. The first kappa shape index (κ1) is 9.96. The van der Waals surface area contributed by atoms with Crippen LogP contribution in [0.3, 0.4) is 0 Å². The maximum absolute atomic E-state index is 9.62. The Morgan fingerprint density at radius 1 is 1.50 bits per heavy atom. The minimum atomic E-state index is -0.523. The molecule has 0 amide bonds. The quantitative estimate of drug-likeness (QED) is 0.841. The second-order valence-corrected chi connectivity index (χ2v) is 4.08. The molecule has 0 saturated heterocycles. The average molecular weight is 259 g/mol. The molecule has 0 fully saturated rings. The van der Waals surface area contributed by atoms with Crippen LogP contribution in [0.1, 0.15) is 24.2 Å². The minimum absolute atomic E-state index is 0.286. The van der Waals surface area contributed by atoms with E-state index in [4.69, 9.17) is 9.47 Å². The van der Waals surface area contributed by atoms with Crippen LogP contribution in [0.5, 0.6) is 5.75 Å². The molecule has 1 aromatic carbocycles. The van der Waals surface area contributed by atoms with Gasteiger partial charge in [-0.2, -0.15) is 0 Å². The van der Waals surface area contributed by atoms with Crippen LogP contribution < -0.4 is 4.74 Å². The van der Waals surface area contributed by atoms with Gasteiger partial charge < -0.3 is 14.6 Å². The zero-order valence-corrected chi connectivity index (χ0v) is 9.37. The summed E-state index contributed by atoms with van der Waals surface area (Å²) in [6.07, 6.45) is -0.523. The third-order valence-electron chi connectivity index (χ3n) is 2.22. The first-order valence-corrected chi connectivity index (χ1v) is 5.19. The predicted molar refractivity (Wildman–Crippen MR) is 55.1 cm³/mol. The molecular weight excluding hydrogens is 248 g/mol. The van der Waals surface area contributed by atoms with Gasteiger partial charge in [0.15, 0.2) is 6.79 Å². The first-order chi connectivity index (χ1) is 6.70. The molecule has 1 heterocycles. The molecule has 2 rings (SSSR count). The van der Waals surface area contributed by atoms with Crippen LogP contribution in [0.4, 0.5) is 0 Å². The van der Waals surface area contributed by atoms with Gasteiger partial charge in [0.2, 0.25) is 0 Å². The molecule has 1 aliphatic rings. The molecule has 0 saturated carbocycles. The summed E-state index contributed by atoms with van der Waals surface area (Å²) in [5.74, 6) is 0.801. The minimum Gasteiger partial charge on any atom is -0.467 e. The second kappa shape index (κ2) is 3.88. The van der Waals surface area contributed by atoms with Gasteiger partial charge in [-0.1, -0.05) is 15.9 Å². The Kier molecular flexibility index (Phi) is 2.76. The number of rotatable bonds is 1. The van der Waals surface area contributed by atoms with E-state index in [1.165, 1.54) is 0 Å². The van der Waals surface area contributed by atoms with Crippen molar-refractivity contribution in [3.05, 3.63) is 27.7 Å². The highest BCUT2D eigenvalue weighted by Gasteiger charge is 2.19. The molecule has 14 heavy (non-hydrogen) atoms. The topological polar surface area (TPSA) is 38.7 Å². The number of hydrogen-bond donors (Lipinski definition) is 1. The van der Waals surface area contributed by atoms with Crippen LogP contribution in [0, 0.1) is 0 Å². The summed E-state index contributed by atoms with van der Waals surface area (Å²) < 4.78 is 11.4. The molecule has 76 valence electrons. The highest BCUT2D eigenvalue weighted by molar-refractivity contribution is 9.10.